The van der Waals surface area contributed by atoms with Crippen molar-refractivity contribution in [2.75, 3.05) is 33.4 Å². The third kappa shape index (κ3) is 7.31. The van der Waals surface area contributed by atoms with E-state index in [1.54, 1.807) is 11.3 Å². The molecule has 0 aliphatic heterocycles. The number of hydrogen-bond acceptors (Lipinski definition) is 4. The van der Waals surface area contributed by atoms with Crippen molar-refractivity contribution in [3.05, 3.63) is 15.6 Å². The number of hydrogen-bond donors (Lipinski definition) is 2. The third-order valence-corrected chi connectivity index (χ3v) is 6.34. The summed E-state index contributed by atoms with van der Waals surface area (Å²) in [6.07, 6.45) is 7.34. The van der Waals surface area contributed by atoms with E-state index < -0.39 is 0 Å². The Morgan fingerprint density at radius 2 is 2.00 bits per heavy atom. The van der Waals surface area contributed by atoms with Gasteiger partial charge in [-0.1, -0.05) is 12.8 Å². The second-order valence-corrected chi connectivity index (χ2v) is 8.29. The Morgan fingerprint density at radius 1 is 1.27 bits per heavy atom. The zero-order chi connectivity index (χ0) is 18.1. The van der Waals surface area contributed by atoms with Gasteiger partial charge in [-0.25, -0.2) is 4.98 Å². The number of nitrogens with zero attached hydrogens (tertiary/aromatic N) is 2. The fourth-order valence-corrected chi connectivity index (χ4v) is 4.43. The minimum absolute atomic E-state index is 0. The summed E-state index contributed by atoms with van der Waals surface area (Å²) in [5, 5.41) is 8.17. The van der Waals surface area contributed by atoms with Crippen LogP contribution in [0.1, 0.15) is 54.6 Å². The average molecular weight is 494 g/mol. The maximum atomic E-state index is 5.60. The first kappa shape index (κ1) is 23.6. The molecule has 1 aromatic rings. The van der Waals surface area contributed by atoms with Gasteiger partial charge in [-0.2, -0.15) is 0 Å². The van der Waals surface area contributed by atoms with Gasteiger partial charge < -0.3 is 15.4 Å². The van der Waals surface area contributed by atoms with Crippen molar-refractivity contribution in [2.45, 2.75) is 59.3 Å². The molecule has 0 unspecified atom stereocenters. The molecule has 1 aliphatic rings. The Bertz CT molecular complexity index is 536. The molecule has 0 atom stereocenters. The standard InChI is InChI=1S/C19H34N4OS.HI/c1-5-24-13-11-19(9-6-7-10-19)14-22-18(20-4)21-12-8-17-23-15(2)16(3)25-17;/h5-14H2,1-4H3,(H2,20,21,22);1H. The quantitative estimate of drug-likeness (QED) is 0.235. The van der Waals surface area contributed by atoms with Crippen LogP contribution in [0.3, 0.4) is 0 Å². The summed E-state index contributed by atoms with van der Waals surface area (Å²) in [5.74, 6) is 0.896. The molecule has 0 spiro atoms. The van der Waals surface area contributed by atoms with Crippen molar-refractivity contribution in [3.63, 3.8) is 0 Å². The predicted octanol–water partition coefficient (Wildman–Crippen LogP) is 4.07. The minimum atomic E-state index is 0. The van der Waals surface area contributed by atoms with Gasteiger partial charge >= 0.3 is 0 Å². The fraction of sp³-hybridized carbons (Fsp3) is 0.789. The molecule has 26 heavy (non-hydrogen) atoms. The summed E-state index contributed by atoms with van der Waals surface area (Å²) in [5.41, 5.74) is 1.52. The Balaban J connectivity index is 0.00000338. The molecule has 1 heterocycles. The number of ether oxygens (including phenoxy) is 1. The summed E-state index contributed by atoms with van der Waals surface area (Å²) < 4.78 is 5.60. The molecular formula is C19H35IN4OS. The molecule has 150 valence electrons. The van der Waals surface area contributed by atoms with Crippen molar-refractivity contribution in [2.24, 2.45) is 10.4 Å². The van der Waals surface area contributed by atoms with E-state index in [0.717, 1.165) is 50.8 Å². The predicted molar refractivity (Wildman–Crippen MR) is 122 cm³/mol. The highest BCUT2D eigenvalue weighted by Gasteiger charge is 2.33. The molecule has 5 nitrogen and oxygen atoms in total. The number of thiazole rings is 1. The summed E-state index contributed by atoms with van der Waals surface area (Å²) in [6.45, 7) is 9.79. The SMILES string of the molecule is CCOCCC1(CNC(=NC)NCCc2nc(C)c(C)s2)CCCC1.I. The lowest BCUT2D eigenvalue weighted by Crippen LogP contribution is -2.44. The van der Waals surface area contributed by atoms with Crippen LogP contribution in [0.2, 0.25) is 0 Å². The second-order valence-electron chi connectivity index (χ2n) is 7.01. The van der Waals surface area contributed by atoms with E-state index in [0.29, 0.717) is 5.41 Å². The first-order chi connectivity index (χ1) is 12.1. The zero-order valence-corrected chi connectivity index (χ0v) is 19.8. The lowest BCUT2D eigenvalue weighted by Gasteiger charge is -2.30. The highest BCUT2D eigenvalue weighted by atomic mass is 127. The van der Waals surface area contributed by atoms with Gasteiger partial charge in [-0.3, -0.25) is 4.99 Å². The lowest BCUT2D eigenvalue weighted by atomic mass is 9.83. The molecule has 1 saturated carbocycles. The molecule has 1 fully saturated rings. The monoisotopic (exact) mass is 494 g/mol. The molecule has 1 aliphatic carbocycles. The van der Waals surface area contributed by atoms with E-state index in [9.17, 15) is 0 Å². The number of halogens is 1. The van der Waals surface area contributed by atoms with Crippen molar-refractivity contribution in [1.82, 2.24) is 15.6 Å². The number of aryl methyl sites for hydroxylation is 2. The maximum Gasteiger partial charge on any atom is 0.191 e. The van der Waals surface area contributed by atoms with E-state index in [-0.39, 0.29) is 24.0 Å². The maximum absolute atomic E-state index is 5.60. The summed E-state index contributed by atoms with van der Waals surface area (Å²) in [6, 6.07) is 0. The van der Waals surface area contributed by atoms with Gasteiger partial charge in [0, 0.05) is 44.6 Å². The van der Waals surface area contributed by atoms with E-state index in [1.807, 2.05) is 7.05 Å². The number of nitrogens with one attached hydrogen (secondary N) is 2. The molecule has 0 bridgehead atoms. The summed E-state index contributed by atoms with van der Waals surface area (Å²) in [4.78, 5) is 10.3. The van der Waals surface area contributed by atoms with Crippen LogP contribution < -0.4 is 10.6 Å². The number of aliphatic imine (C=N–C) groups is 1. The van der Waals surface area contributed by atoms with Gasteiger partial charge in [0.15, 0.2) is 5.96 Å². The van der Waals surface area contributed by atoms with Gasteiger partial charge in [0.25, 0.3) is 0 Å². The van der Waals surface area contributed by atoms with Gasteiger partial charge in [0.2, 0.25) is 0 Å². The van der Waals surface area contributed by atoms with Crippen LogP contribution in [-0.2, 0) is 11.2 Å². The van der Waals surface area contributed by atoms with Crippen LogP contribution in [0, 0.1) is 19.3 Å². The zero-order valence-electron chi connectivity index (χ0n) is 16.7. The largest absolute Gasteiger partial charge is 0.382 e. The minimum Gasteiger partial charge on any atom is -0.382 e. The van der Waals surface area contributed by atoms with E-state index in [4.69, 9.17) is 4.74 Å². The molecule has 0 saturated heterocycles. The van der Waals surface area contributed by atoms with Gasteiger partial charge in [-0.15, -0.1) is 35.3 Å². The van der Waals surface area contributed by atoms with Crippen molar-refractivity contribution in [1.29, 1.82) is 0 Å². The molecule has 2 rings (SSSR count). The van der Waals surface area contributed by atoms with Gasteiger partial charge in [0.05, 0.1) is 10.7 Å². The normalized spacial score (nSPS) is 16.4. The summed E-state index contributed by atoms with van der Waals surface area (Å²) in [7, 11) is 1.84. The molecule has 2 N–H and O–H groups in total. The number of aromatic nitrogens is 1. The van der Waals surface area contributed by atoms with E-state index in [1.165, 1.54) is 35.6 Å². The van der Waals surface area contributed by atoms with Crippen LogP contribution >= 0.6 is 35.3 Å². The van der Waals surface area contributed by atoms with Crippen molar-refractivity contribution in [3.8, 4) is 0 Å². The van der Waals surface area contributed by atoms with Crippen LogP contribution in [0.15, 0.2) is 4.99 Å². The van der Waals surface area contributed by atoms with Crippen LogP contribution in [0.25, 0.3) is 0 Å². The first-order valence-corrected chi connectivity index (χ1v) is 10.4. The molecule has 7 heteroatoms. The first-order valence-electron chi connectivity index (χ1n) is 9.54. The van der Waals surface area contributed by atoms with E-state index in [2.05, 4.69) is 41.4 Å². The second kappa shape index (κ2) is 12.1. The Hall–Kier alpha value is -0.410. The smallest absolute Gasteiger partial charge is 0.191 e. The molecular weight excluding hydrogens is 459 g/mol. The molecule has 0 radical (unpaired) electrons. The van der Waals surface area contributed by atoms with Gasteiger partial charge in [-0.05, 0) is 45.4 Å². The number of rotatable bonds is 9. The van der Waals surface area contributed by atoms with Crippen molar-refractivity contribution >= 4 is 41.3 Å². The van der Waals surface area contributed by atoms with Crippen LogP contribution in [-0.4, -0.2) is 44.3 Å². The van der Waals surface area contributed by atoms with Crippen molar-refractivity contribution < 1.29 is 4.74 Å². The topological polar surface area (TPSA) is 58.5 Å². The third-order valence-electron chi connectivity index (χ3n) is 5.20. The van der Waals surface area contributed by atoms with E-state index >= 15 is 0 Å². The molecule has 0 aromatic carbocycles. The highest BCUT2D eigenvalue weighted by Crippen LogP contribution is 2.40. The van der Waals surface area contributed by atoms with Gasteiger partial charge in [0.1, 0.15) is 0 Å². The van der Waals surface area contributed by atoms with Crippen LogP contribution in [0.5, 0.6) is 0 Å². The average Bonchev–Trinajstić information content (AvgIpc) is 3.19. The Morgan fingerprint density at radius 3 is 2.58 bits per heavy atom. The highest BCUT2D eigenvalue weighted by molar-refractivity contribution is 14.0. The Kier molecular flexibility index (Phi) is 11.0. The molecule has 1 aromatic heterocycles. The fourth-order valence-electron chi connectivity index (χ4n) is 3.50. The lowest BCUT2D eigenvalue weighted by molar-refractivity contribution is 0.105. The number of guanidine groups is 1. The summed E-state index contributed by atoms with van der Waals surface area (Å²) >= 11 is 1.79. The molecule has 0 amide bonds. The Labute approximate surface area is 179 Å². The van der Waals surface area contributed by atoms with Crippen LogP contribution in [0.4, 0.5) is 0 Å².